The Balaban J connectivity index is 0.000000229. The fourth-order valence-electron chi connectivity index (χ4n) is 5.06. The second-order valence-electron chi connectivity index (χ2n) is 9.31. The zero-order valence-electron chi connectivity index (χ0n) is 20.9. The van der Waals surface area contributed by atoms with Crippen LogP contribution in [0.15, 0.2) is 53.0 Å². The van der Waals surface area contributed by atoms with Gasteiger partial charge in [0.2, 0.25) is 0 Å². The standard InChI is InChI=1S/C19H28N2O.C10H11BrO/c1-15-17-9-4-5-10-18(17)21(12-7-13-22-3)19(15)16-8-6-11-20(2)14-16;11-10-6-4-9(5-7-10)3-1-2-8-12/h4-5,9-10,16H,6-8,11-14H2,1-3H3;4-8H,1-3H2. The largest absolute Gasteiger partial charge is 0.385 e. The molecule has 0 spiro atoms. The molecule has 0 amide bonds. The topological polar surface area (TPSA) is 34.5 Å². The summed E-state index contributed by atoms with van der Waals surface area (Å²) in [7, 11) is 4.04. The predicted molar refractivity (Wildman–Crippen MR) is 146 cm³/mol. The first-order chi connectivity index (χ1) is 16.5. The number of fused-ring (bicyclic) bond motifs is 1. The number of rotatable bonds is 9. The lowest BCUT2D eigenvalue weighted by molar-refractivity contribution is -0.107. The van der Waals surface area contributed by atoms with Crippen molar-refractivity contribution in [3.05, 3.63) is 69.8 Å². The molecule has 0 bridgehead atoms. The van der Waals surface area contributed by atoms with E-state index in [1.807, 2.05) is 12.1 Å². The Labute approximate surface area is 213 Å². The minimum Gasteiger partial charge on any atom is -0.385 e. The summed E-state index contributed by atoms with van der Waals surface area (Å²) in [6.07, 6.45) is 7.27. The van der Waals surface area contributed by atoms with Crippen LogP contribution < -0.4 is 0 Å². The van der Waals surface area contributed by atoms with Gasteiger partial charge in [-0.25, -0.2) is 0 Å². The van der Waals surface area contributed by atoms with Crippen LogP contribution in [0.2, 0.25) is 0 Å². The lowest BCUT2D eigenvalue weighted by atomic mass is 9.92. The lowest BCUT2D eigenvalue weighted by Gasteiger charge is -2.31. The van der Waals surface area contributed by atoms with Gasteiger partial charge in [0, 0.05) is 60.2 Å². The van der Waals surface area contributed by atoms with Gasteiger partial charge in [-0.05, 0) is 81.9 Å². The molecule has 1 saturated heterocycles. The van der Waals surface area contributed by atoms with Gasteiger partial charge >= 0.3 is 0 Å². The number of unbranched alkanes of at least 4 members (excludes halogenated alkanes) is 1. The van der Waals surface area contributed by atoms with Gasteiger partial charge in [-0.15, -0.1) is 0 Å². The van der Waals surface area contributed by atoms with E-state index in [0.717, 1.165) is 43.2 Å². The van der Waals surface area contributed by atoms with Crippen molar-refractivity contribution < 1.29 is 9.53 Å². The van der Waals surface area contributed by atoms with Gasteiger partial charge in [0.1, 0.15) is 6.29 Å². The zero-order chi connectivity index (χ0) is 24.3. The van der Waals surface area contributed by atoms with Crippen LogP contribution in [-0.2, 0) is 22.5 Å². The van der Waals surface area contributed by atoms with Crippen molar-refractivity contribution in [3.8, 4) is 0 Å². The van der Waals surface area contributed by atoms with Crippen LogP contribution in [0, 0.1) is 6.92 Å². The molecule has 1 unspecified atom stereocenters. The normalized spacial score (nSPS) is 16.3. The van der Waals surface area contributed by atoms with Gasteiger partial charge in [-0.2, -0.15) is 0 Å². The van der Waals surface area contributed by atoms with Gasteiger partial charge in [0.15, 0.2) is 0 Å². The smallest absolute Gasteiger partial charge is 0.120 e. The van der Waals surface area contributed by atoms with Crippen molar-refractivity contribution in [3.63, 3.8) is 0 Å². The minimum absolute atomic E-state index is 0.661. The summed E-state index contributed by atoms with van der Waals surface area (Å²) in [5.41, 5.74) is 5.72. The Morgan fingerprint density at radius 2 is 1.88 bits per heavy atom. The van der Waals surface area contributed by atoms with Crippen LogP contribution in [0.5, 0.6) is 0 Å². The van der Waals surface area contributed by atoms with Crippen molar-refractivity contribution in [1.29, 1.82) is 0 Å². The van der Waals surface area contributed by atoms with E-state index in [1.54, 1.807) is 12.8 Å². The van der Waals surface area contributed by atoms with Crippen LogP contribution in [0.4, 0.5) is 0 Å². The van der Waals surface area contributed by atoms with Gasteiger partial charge in [0.05, 0.1) is 0 Å². The van der Waals surface area contributed by atoms with Crippen molar-refractivity contribution >= 4 is 33.1 Å². The maximum Gasteiger partial charge on any atom is 0.120 e. The second kappa shape index (κ2) is 13.8. The first kappa shape index (κ1) is 26.7. The van der Waals surface area contributed by atoms with Crippen molar-refractivity contribution in [2.45, 2.75) is 57.9 Å². The number of para-hydroxylation sites is 1. The number of ether oxygens (including phenoxy) is 1. The zero-order valence-corrected chi connectivity index (χ0v) is 22.5. The molecule has 3 aromatic rings. The number of aldehydes is 1. The summed E-state index contributed by atoms with van der Waals surface area (Å²) in [4.78, 5) is 12.5. The highest BCUT2D eigenvalue weighted by atomic mass is 79.9. The van der Waals surface area contributed by atoms with Crippen LogP contribution >= 0.6 is 15.9 Å². The maximum atomic E-state index is 10.0. The van der Waals surface area contributed by atoms with Crippen molar-refractivity contribution in [2.75, 3.05) is 33.9 Å². The Bertz CT molecular complexity index is 1030. The number of halogens is 1. The highest BCUT2D eigenvalue weighted by Crippen LogP contribution is 2.35. The summed E-state index contributed by atoms with van der Waals surface area (Å²) >= 11 is 3.37. The number of hydrogen-bond acceptors (Lipinski definition) is 3. The summed E-state index contributed by atoms with van der Waals surface area (Å²) < 4.78 is 8.93. The van der Waals surface area contributed by atoms with E-state index in [4.69, 9.17) is 4.74 Å². The first-order valence-corrected chi connectivity index (χ1v) is 13.3. The number of aromatic nitrogens is 1. The van der Waals surface area contributed by atoms with Crippen LogP contribution in [0.25, 0.3) is 10.9 Å². The van der Waals surface area contributed by atoms with E-state index >= 15 is 0 Å². The number of aryl methyl sites for hydroxylation is 3. The lowest BCUT2D eigenvalue weighted by Crippen LogP contribution is -2.32. The van der Waals surface area contributed by atoms with Crippen LogP contribution in [0.1, 0.15) is 54.8 Å². The highest BCUT2D eigenvalue weighted by molar-refractivity contribution is 9.10. The Morgan fingerprint density at radius 1 is 1.12 bits per heavy atom. The number of carbonyl (C=O) groups excluding carboxylic acids is 1. The number of methoxy groups -OCH3 is 1. The average molecular weight is 528 g/mol. The van der Waals surface area contributed by atoms with E-state index in [-0.39, 0.29) is 0 Å². The molecule has 4 rings (SSSR count). The molecular formula is C29H39BrN2O2. The molecule has 184 valence electrons. The molecule has 2 aromatic carbocycles. The number of benzene rings is 2. The van der Waals surface area contributed by atoms with Gasteiger partial charge in [0.25, 0.3) is 0 Å². The molecule has 0 aliphatic carbocycles. The number of nitrogens with zero attached hydrogens (tertiary/aromatic N) is 2. The fraction of sp³-hybridized carbons (Fsp3) is 0.483. The highest BCUT2D eigenvalue weighted by Gasteiger charge is 2.25. The molecule has 1 aliphatic heterocycles. The molecular weight excluding hydrogens is 488 g/mol. The summed E-state index contributed by atoms with van der Waals surface area (Å²) in [5.74, 6) is 0.661. The monoisotopic (exact) mass is 526 g/mol. The molecule has 0 N–H and O–H groups in total. The van der Waals surface area contributed by atoms with E-state index in [0.29, 0.717) is 12.3 Å². The van der Waals surface area contributed by atoms with Gasteiger partial charge in [-0.3, -0.25) is 0 Å². The number of piperidine rings is 1. The molecule has 0 saturated carbocycles. The molecule has 2 heterocycles. The molecule has 1 atom stereocenters. The summed E-state index contributed by atoms with van der Waals surface area (Å²) in [6, 6.07) is 17.1. The third-order valence-corrected chi connectivity index (χ3v) is 7.24. The number of likely N-dealkylation sites (N-methyl/N-ethyl adjacent to an activating group) is 1. The van der Waals surface area contributed by atoms with E-state index < -0.39 is 0 Å². The molecule has 1 fully saturated rings. The molecule has 1 aliphatic rings. The van der Waals surface area contributed by atoms with Gasteiger partial charge in [-0.1, -0.05) is 46.3 Å². The Morgan fingerprint density at radius 3 is 2.59 bits per heavy atom. The van der Waals surface area contributed by atoms with Crippen molar-refractivity contribution in [2.24, 2.45) is 0 Å². The summed E-state index contributed by atoms with van der Waals surface area (Å²) in [5, 5.41) is 1.42. The SMILES string of the molecule is COCCCn1c(C2CCCN(C)C2)c(C)c2ccccc21.O=CCCCc1ccc(Br)cc1. The minimum atomic E-state index is 0.661. The number of carbonyl (C=O) groups is 1. The van der Waals surface area contributed by atoms with Gasteiger partial charge < -0.3 is 19.0 Å². The average Bonchev–Trinajstić information content (AvgIpc) is 3.13. The van der Waals surface area contributed by atoms with Crippen LogP contribution in [-0.4, -0.2) is 49.6 Å². The van der Waals surface area contributed by atoms with E-state index in [2.05, 4.69) is 75.8 Å². The molecule has 5 heteroatoms. The first-order valence-electron chi connectivity index (χ1n) is 12.5. The second-order valence-corrected chi connectivity index (χ2v) is 10.2. The number of likely N-dealkylation sites (tertiary alicyclic amines) is 1. The predicted octanol–water partition coefficient (Wildman–Crippen LogP) is 6.77. The van der Waals surface area contributed by atoms with E-state index in [1.165, 1.54) is 48.0 Å². The molecule has 1 aromatic heterocycles. The number of hydrogen-bond donors (Lipinski definition) is 0. The molecule has 34 heavy (non-hydrogen) atoms. The van der Waals surface area contributed by atoms with Crippen molar-refractivity contribution in [1.82, 2.24) is 9.47 Å². The molecule has 4 nitrogen and oxygen atoms in total. The summed E-state index contributed by atoms with van der Waals surface area (Å²) in [6.45, 7) is 6.60. The third kappa shape index (κ3) is 7.27. The Hall–Kier alpha value is -1.95. The molecule has 0 radical (unpaired) electrons. The quantitative estimate of drug-likeness (QED) is 0.228. The Kier molecular flexibility index (Phi) is 10.8. The third-order valence-electron chi connectivity index (χ3n) is 6.72. The van der Waals surface area contributed by atoms with E-state index in [9.17, 15) is 4.79 Å². The fourth-order valence-corrected chi connectivity index (χ4v) is 5.33. The maximum absolute atomic E-state index is 10.0. The van der Waals surface area contributed by atoms with Crippen LogP contribution in [0.3, 0.4) is 0 Å².